The van der Waals surface area contributed by atoms with Gasteiger partial charge in [0.15, 0.2) is 0 Å². The average molecular weight is 238 g/mol. The molecule has 16 heavy (non-hydrogen) atoms. The van der Waals surface area contributed by atoms with E-state index < -0.39 is 10.8 Å². The number of hydrogen-bond donors (Lipinski definition) is 2. The predicted molar refractivity (Wildman–Crippen MR) is 70.1 cm³/mol. The Morgan fingerprint density at radius 1 is 1.38 bits per heavy atom. The molecule has 1 heterocycles. The highest BCUT2D eigenvalue weighted by Crippen LogP contribution is 2.24. The normalized spacial score (nSPS) is 25.3. The van der Waals surface area contributed by atoms with Crippen LogP contribution in [0.2, 0.25) is 0 Å². The van der Waals surface area contributed by atoms with Gasteiger partial charge in [-0.25, -0.2) is 0 Å². The van der Waals surface area contributed by atoms with Crippen molar-refractivity contribution in [2.45, 2.75) is 25.8 Å². The Balaban J connectivity index is 2.04. The molecule has 0 bridgehead atoms. The van der Waals surface area contributed by atoms with E-state index in [-0.39, 0.29) is 0 Å². The second-order valence-corrected chi connectivity index (χ2v) is 6.00. The van der Waals surface area contributed by atoms with Crippen LogP contribution in [0.15, 0.2) is 18.2 Å². The summed E-state index contributed by atoms with van der Waals surface area (Å²) in [7, 11) is -0.600. The van der Waals surface area contributed by atoms with E-state index in [1.54, 1.807) is 0 Å². The number of nitrogen functional groups attached to an aromatic ring is 1. The first-order chi connectivity index (χ1) is 7.66. The molecule has 0 unspecified atom stereocenters. The Morgan fingerprint density at radius 2 is 2.06 bits per heavy atom. The van der Waals surface area contributed by atoms with Gasteiger partial charge in [-0.2, -0.15) is 0 Å². The molecule has 3 N–H and O–H groups in total. The molecule has 2 rings (SSSR count). The number of anilines is 2. The van der Waals surface area contributed by atoms with Crippen molar-refractivity contribution in [3.8, 4) is 0 Å². The van der Waals surface area contributed by atoms with Crippen LogP contribution in [0, 0.1) is 6.92 Å². The van der Waals surface area contributed by atoms with Crippen LogP contribution in [0.3, 0.4) is 0 Å². The summed E-state index contributed by atoms with van der Waals surface area (Å²) in [4.78, 5) is 0. The Labute approximate surface area is 98.9 Å². The summed E-state index contributed by atoms with van der Waals surface area (Å²) < 4.78 is 11.2. The lowest BCUT2D eigenvalue weighted by Gasteiger charge is -2.24. The molecule has 1 aromatic carbocycles. The lowest BCUT2D eigenvalue weighted by Crippen LogP contribution is -2.29. The zero-order valence-electron chi connectivity index (χ0n) is 9.53. The van der Waals surface area contributed by atoms with Crippen molar-refractivity contribution >= 4 is 22.2 Å². The van der Waals surface area contributed by atoms with E-state index in [4.69, 9.17) is 5.73 Å². The first-order valence-corrected chi connectivity index (χ1v) is 7.12. The number of nitrogens with two attached hydrogens (primary N) is 1. The molecule has 0 atom stereocenters. The summed E-state index contributed by atoms with van der Waals surface area (Å²) in [6.45, 7) is 2.01. The van der Waals surface area contributed by atoms with Crippen molar-refractivity contribution in [3.05, 3.63) is 23.8 Å². The van der Waals surface area contributed by atoms with Crippen molar-refractivity contribution in [1.82, 2.24) is 0 Å². The van der Waals surface area contributed by atoms with Gasteiger partial charge < -0.3 is 11.1 Å². The molecule has 0 amide bonds. The minimum absolute atomic E-state index is 0.418. The maximum atomic E-state index is 11.2. The number of rotatable bonds is 2. The van der Waals surface area contributed by atoms with Crippen LogP contribution in [0.25, 0.3) is 0 Å². The van der Waals surface area contributed by atoms with Crippen LogP contribution >= 0.6 is 0 Å². The van der Waals surface area contributed by atoms with E-state index in [2.05, 4.69) is 5.32 Å². The molecule has 1 aliphatic heterocycles. The van der Waals surface area contributed by atoms with Crippen LogP contribution in [-0.2, 0) is 10.8 Å². The second-order valence-electron chi connectivity index (χ2n) is 4.30. The highest BCUT2D eigenvalue weighted by molar-refractivity contribution is 7.85. The Morgan fingerprint density at radius 3 is 2.75 bits per heavy atom. The van der Waals surface area contributed by atoms with Gasteiger partial charge in [-0.15, -0.1) is 0 Å². The second kappa shape index (κ2) is 4.87. The molecular formula is C12H18N2OS. The van der Waals surface area contributed by atoms with Crippen molar-refractivity contribution in [3.63, 3.8) is 0 Å². The summed E-state index contributed by atoms with van der Waals surface area (Å²) in [5.41, 5.74) is 8.95. The molecule has 1 saturated heterocycles. The summed E-state index contributed by atoms with van der Waals surface area (Å²) in [5, 5.41) is 3.45. The van der Waals surface area contributed by atoms with E-state index in [1.165, 1.54) is 0 Å². The van der Waals surface area contributed by atoms with Crippen LogP contribution in [0.4, 0.5) is 11.4 Å². The van der Waals surface area contributed by atoms with Gasteiger partial charge in [0.1, 0.15) is 0 Å². The molecule has 1 aromatic rings. The maximum absolute atomic E-state index is 11.2. The molecular weight excluding hydrogens is 220 g/mol. The van der Waals surface area contributed by atoms with Gasteiger partial charge in [-0.3, -0.25) is 4.21 Å². The molecule has 0 aliphatic carbocycles. The first kappa shape index (κ1) is 11.5. The zero-order chi connectivity index (χ0) is 11.5. The van der Waals surface area contributed by atoms with E-state index >= 15 is 0 Å². The number of benzene rings is 1. The third-order valence-electron chi connectivity index (χ3n) is 3.07. The van der Waals surface area contributed by atoms with Crippen molar-refractivity contribution in [2.24, 2.45) is 0 Å². The van der Waals surface area contributed by atoms with Crippen molar-refractivity contribution < 1.29 is 4.21 Å². The third-order valence-corrected chi connectivity index (χ3v) is 4.45. The van der Waals surface area contributed by atoms with Crippen LogP contribution in [-0.4, -0.2) is 21.8 Å². The number of para-hydroxylation sites is 1. The van der Waals surface area contributed by atoms with Gasteiger partial charge in [0, 0.05) is 28.3 Å². The average Bonchev–Trinajstić information content (AvgIpc) is 2.28. The SMILES string of the molecule is Cc1cccc(NC2CCS(=O)CC2)c1N. The number of aryl methyl sites for hydroxylation is 1. The van der Waals surface area contributed by atoms with E-state index in [0.29, 0.717) is 6.04 Å². The third kappa shape index (κ3) is 2.55. The first-order valence-electron chi connectivity index (χ1n) is 5.63. The molecule has 3 nitrogen and oxygen atoms in total. The van der Waals surface area contributed by atoms with E-state index in [9.17, 15) is 4.21 Å². The summed E-state index contributed by atoms with van der Waals surface area (Å²) >= 11 is 0. The Kier molecular flexibility index (Phi) is 3.49. The molecule has 0 aromatic heterocycles. The van der Waals surface area contributed by atoms with Crippen molar-refractivity contribution in [1.29, 1.82) is 0 Å². The molecule has 1 fully saturated rings. The quantitative estimate of drug-likeness (QED) is 0.774. The van der Waals surface area contributed by atoms with E-state index in [0.717, 1.165) is 41.3 Å². The smallest absolute Gasteiger partial charge is 0.0579 e. The van der Waals surface area contributed by atoms with Crippen LogP contribution in [0.1, 0.15) is 18.4 Å². The van der Waals surface area contributed by atoms with Gasteiger partial charge in [0.25, 0.3) is 0 Å². The summed E-state index contributed by atoms with van der Waals surface area (Å²) in [6.07, 6.45) is 1.94. The largest absolute Gasteiger partial charge is 0.397 e. The standard InChI is InChI=1S/C12H18N2OS/c1-9-3-2-4-11(12(9)13)14-10-5-7-16(15)8-6-10/h2-4,10,14H,5-8,13H2,1H3. The fourth-order valence-corrected chi connectivity index (χ4v) is 3.26. The fraction of sp³-hybridized carbons (Fsp3) is 0.500. The maximum Gasteiger partial charge on any atom is 0.0579 e. The van der Waals surface area contributed by atoms with Gasteiger partial charge >= 0.3 is 0 Å². The van der Waals surface area contributed by atoms with Crippen LogP contribution < -0.4 is 11.1 Å². The van der Waals surface area contributed by atoms with Gasteiger partial charge in [-0.05, 0) is 31.4 Å². The topological polar surface area (TPSA) is 55.1 Å². The molecule has 4 heteroatoms. The number of hydrogen-bond acceptors (Lipinski definition) is 3. The van der Waals surface area contributed by atoms with Crippen LogP contribution in [0.5, 0.6) is 0 Å². The highest BCUT2D eigenvalue weighted by atomic mass is 32.2. The minimum Gasteiger partial charge on any atom is -0.397 e. The Bertz CT molecular complexity index is 396. The summed E-state index contributed by atoms with van der Waals surface area (Å²) in [6, 6.07) is 6.45. The van der Waals surface area contributed by atoms with Crippen molar-refractivity contribution in [2.75, 3.05) is 22.6 Å². The van der Waals surface area contributed by atoms with E-state index in [1.807, 2.05) is 25.1 Å². The molecule has 0 spiro atoms. The Hall–Kier alpha value is -1.03. The predicted octanol–water partition coefficient (Wildman–Crippen LogP) is 1.90. The van der Waals surface area contributed by atoms with Gasteiger partial charge in [-0.1, -0.05) is 12.1 Å². The molecule has 0 saturated carbocycles. The molecule has 1 aliphatic rings. The number of nitrogens with one attached hydrogen (secondary N) is 1. The fourth-order valence-electron chi connectivity index (χ4n) is 1.96. The minimum atomic E-state index is -0.600. The monoisotopic (exact) mass is 238 g/mol. The lowest BCUT2D eigenvalue weighted by molar-refractivity contribution is 0.624. The summed E-state index contributed by atoms with van der Waals surface area (Å²) in [5.74, 6) is 1.62. The van der Waals surface area contributed by atoms with Gasteiger partial charge in [0.2, 0.25) is 0 Å². The molecule has 88 valence electrons. The molecule has 0 radical (unpaired) electrons. The zero-order valence-corrected chi connectivity index (χ0v) is 10.3. The van der Waals surface area contributed by atoms with Gasteiger partial charge in [0.05, 0.1) is 11.4 Å². The highest BCUT2D eigenvalue weighted by Gasteiger charge is 2.18. The lowest BCUT2D eigenvalue weighted by atomic mass is 10.1.